The van der Waals surface area contributed by atoms with Crippen LogP contribution >= 0.6 is 0 Å². The van der Waals surface area contributed by atoms with Crippen molar-refractivity contribution in [2.45, 2.75) is 26.4 Å². The summed E-state index contributed by atoms with van der Waals surface area (Å²) >= 11 is 0. The van der Waals surface area contributed by atoms with Crippen LogP contribution in [0.25, 0.3) is 22.2 Å². The summed E-state index contributed by atoms with van der Waals surface area (Å²) in [5, 5.41) is 1.18. The van der Waals surface area contributed by atoms with Gasteiger partial charge < -0.3 is 14.5 Å². The van der Waals surface area contributed by atoms with Gasteiger partial charge in [0, 0.05) is 16.6 Å². The normalized spacial score (nSPS) is 11.5. The van der Waals surface area contributed by atoms with Crippen molar-refractivity contribution in [1.82, 2.24) is 4.98 Å². The van der Waals surface area contributed by atoms with E-state index < -0.39 is 5.60 Å². The highest BCUT2D eigenvalue weighted by Gasteiger charge is 2.16. The number of ether oxygens (including phenoxy) is 2. The molecule has 3 aromatic rings. The van der Waals surface area contributed by atoms with E-state index in [-0.39, 0.29) is 12.6 Å². The van der Waals surface area contributed by atoms with Crippen LogP contribution in [0.15, 0.2) is 54.6 Å². The molecule has 1 N–H and O–H groups in total. The maximum Gasteiger partial charge on any atom is 0.344 e. The Hall–Kier alpha value is -2.75. The fourth-order valence-electron chi connectivity index (χ4n) is 2.47. The van der Waals surface area contributed by atoms with Gasteiger partial charge in [-0.05, 0) is 62.7 Å². The molecule has 0 aliphatic rings. The van der Waals surface area contributed by atoms with E-state index in [0.29, 0.717) is 5.75 Å². The van der Waals surface area contributed by atoms with Crippen molar-refractivity contribution in [1.29, 1.82) is 0 Å². The molecule has 1 aromatic heterocycles. The number of nitrogens with one attached hydrogen (secondary N) is 1. The molecule has 0 atom stereocenters. The summed E-state index contributed by atoms with van der Waals surface area (Å²) < 4.78 is 10.7. The van der Waals surface area contributed by atoms with Gasteiger partial charge in [-0.25, -0.2) is 4.79 Å². The third kappa shape index (κ3) is 3.96. The van der Waals surface area contributed by atoms with Gasteiger partial charge in [-0.2, -0.15) is 0 Å². The fraction of sp³-hybridized carbons (Fsp3) is 0.250. The molecule has 24 heavy (non-hydrogen) atoms. The Balaban J connectivity index is 1.66. The maximum atomic E-state index is 11.7. The number of aromatic nitrogens is 1. The average molecular weight is 323 g/mol. The van der Waals surface area contributed by atoms with Crippen LogP contribution in [0.4, 0.5) is 0 Å². The predicted molar refractivity (Wildman–Crippen MR) is 95.1 cm³/mol. The summed E-state index contributed by atoms with van der Waals surface area (Å²) in [4.78, 5) is 15.1. The molecule has 0 unspecified atom stereocenters. The summed E-state index contributed by atoms with van der Waals surface area (Å²) in [5.74, 6) is 0.267. The second-order valence-corrected chi connectivity index (χ2v) is 6.67. The Morgan fingerprint density at radius 3 is 2.42 bits per heavy atom. The Morgan fingerprint density at radius 2 is 1.75 bits per heavy atom. The number of hydrogen-bond acceptors (Lipinski definition) is 3. The third-order valence-corrected chi connectivity index (χ3v) is 3.47. The first-order valence-electron chi connectivity index (χ1n) is 7.93. The number of carbonyl (C=O) groups is 1. The van der Waals surface area contributed by atoms with E-state index in [1.165, 1.54) is 5.39 Å². The quantitative estimate of drug-likeness (QED) is 0.716. The molecule has 2 aromatic carbocycles. The van der Waals surface area contributed by atoms with Gasteiger partial charge in [0.15, 0.2) is 6.61 Å². The second-order valence-electron chi connectivity index (χ2n) is 6.67. The van der Waals surface area contributed by atoms with Gasteiger partial charge in [0.1, 0.15) is 11.4 Å². The zero-order valence-corrected chi connectivity index (χ0v) is 14.1. The van der Waals surface area contributed by atoms with Crippen molar-refractivity contribution in [3.05, 3.63) is 54.6 Å². The standard InChI is InChI=1S/C20H21NO3/c1-20(2,3)24-19(22)13-23-16-10-8-14(9-11-16)18-12-15-6-4-5-7-17(15)21-18/h4-12,21H,13H2,1-3H3. The van der Waals surface area contributed by atoms with Crippen molar-refractivity contribution in [3.8, 4) is 17.0 Å². The number of rotatable bonds is 4. The molecule has 0 radical (unpaired) electrons. The van der Waals surface area contributed by atoms with Crippen LogP contribution in [0.5, 0.6) is 5.75 Å². The van der Waals surface area contributed by atoms with Crippen molar-refractivity contribution in [2.24, 2.45) is 0 Å². The van der Waals surface area contributed by atoms with E-state index in [1.54, 1.807) is 0 Å². The first-order valence-corrected chi connectivity index (χ1v) is 7.93. The van der Waals surface area contributed by atoms with Gasteiger partial charge in [0.2, 0.25) is 0 Å². The molecule has 0 saturated carbocycles. The number of H-pyrrole nitrogens is 1. The van der Waals surface area contributed by atoms with Gasteiger partial charge >= 0.3 is 5.97 Å². The Labute approximate surface area is 141 Å². The highest BCUT2D eigenvalue weighted by molar-refractivity contribution is 5.85. The van der Waals surface area contributed by atoms with E-state index in [4.69, 9.17) is 9.47 Å². The molecule has 3 rings (SSSR count). The van der Waals surface area contributed by atoms with Crippen LogP contribution in [-0.4, -0.2) is 23.2 Å². The molecule has 0 fully saturated rings. The summed E-state index contributed by atoms with van der Waals surface area (Å²) in [7, 11) is 0. The minimum atomic E-state index is -0.500. The molecular formula is C20H21NO3. The van der Waals surface area contributed by atoms with Crippen LogP contribution in [0, 0.1) is 0 Å². The number of hydrogen-bond donors (Lipinski definition) is 1. The van der Waals surface area contributed by atoms with Gasteiger partial charge in [-0.15, -0.1) is 0 Å². The number of benzene rings is 2. The van der Waals surface area contributed by atoms with Crippen LogP contribution in [0.3, 0.4) is 0 Å². The number of aromatic amines is 1. The SMILES string of the molecule is CC(C)(C)OC(=O)COc1ccc(-c2cc3ccccc3[nH]2)cc1. The summed E-state index contributed by atoms with van der Waals surface area (Å²) in [6.07, 6.45) is 0. The molecule has 4 nitrogen and oxygen atoms in total. The van der Waals surface area contributed by atoms with Gasteiger partial charge in [-0.1, -0.05) is 18.2 Å². The second kappa shape index (κ2) is 6.40. The van der Waals surface area contributed by atoms with Crippen molar-refractivity contribution in [3.63, 3.8) is 0 Å². The number of carbonyl (C=O) groups excluding carboxylic acids is 1. The van der Waals surface area contributed by atoms with E-state index in [2.05, 4.69) is 23.2 Å². The molecule has 4 heteroatoms. The Kier molecular flexibility index (Phi) is 4.30. The number of fused-ring (bicyclic) bond motifs is 1. The molecule has 1 heterocycles. The summed E-state index contributed by atoms with van der Waals surface area (Å²) in [5.41, 5.74) is 2.73. The zero-order chi connectivity index (χ0) is 17.2. The third-order valence-electron chi connectivity index (χ3n) is 3.47. The Morgan fingerprint density at radius 1 is 1.04 bits per heavy atom. The van der Waals surface area contributed by atoms with Gasteiger partial charge in [0.05, 0.1) is 0 Å². The summed E-state index contributed by atoms with van der Waals surface area (Å²) in [6, 6.07) is 17.9. The summed E-state index contributed by atoms with van der Waals surface area (Å²) in [6.45, 7) is 5.41. The number of esters is 1. The maximum absolute atomic E-state index is 11.7. The molecule has 0 aliphatic carbocycles. The first kappa shape index (κ1) is 16.1. The van der Waals surface area contributed by atoms with E-state index in [9.17, 15) is 4.79 Å². The van der Waals surface area contributed by atoms with Crippen LogP contribution in [0.2, 0.25) is 0 Å². The highest BCUT2D eigenvalue weighted by Crippen LogP contribution is 2.25. The predicted octanol–water partition coefficient (Wildman–Crippen LogP) is 4.56. The van der Waals surface area contributed by atoms with Crippen molar-refractivity contribution < 1.29 is 14.3 Å². The van der Waals surface area contributed by atoms with E-state index in [1.807, 2.05) is 57.2 Å². The average Bonchev–Trinajstić information content (AvgIpc) is 2.96. The molecule has 124 valence electrons. The van der Waals surface area contributed by atoms with Crippen molar-refractivity contribution >= 4 is 16.9 Å². The smallest absolute Gasteiger partial charge is 0.344 e. The van der Waals surface area contributed by atoms with Crippen molar-refractivity contribution in [2.75, 3.05) is 6.61 Å². The minimum absolute atomic E-state index is 0.0942. The van der Waals surface area contributed by atoms with Crippen LogP contribution < -0.4 is 4.74 Å². The zero-order valence-electron chi connectivity index (χ0n) is 14.1. The molecule has 0 amide bonds. The fourth-order valence-corrected chi connectivity index (χ4v) is 2.47. The van der Waals surface area contributed by atoms with E-state index >= 15 is 0 Å². The van der Waals surface area contributed by atoms with Crippen LogP contribution in [0.1, 0.15) is 20.8 Å². The first-order chi connectivity index (χ1) is 11.4. The minimum Gasteiger partial charge on any atom is -0.482 e. The molecule has 0 saturated heterocycles. The monoisotopic (exact) mass is 323 g/mol. The Bertz CT molecular complexity index is 808. The van der Waals surface area contributed by atoms with Gasteiger partial charge in [-0.3, -0.25) is 0 Å². The van der Waals surface area contributed by atoms with E-state index in [0.717, 1.165) is 16.8 Å². The molecular weight excluding hydrogens is 302 g/mol. The lowest BCUT2D eigenvalue weighted by Crippen LogP contribution is -2.27. The lowest BCUT2D eigenvalue weighted by molar-refractivity contribution is -0.157. The lowest BCUT2D eigenvalue weighted by Gasteiger charge is -2.19. The molecule has 0 spiro atoms. The molecule has 0 aliphatic heterocycles. The number of para-hydroxylation sites is 1. The lowest BCUT2D eigenvalue weighted by atomic mass is 10.1. The highest BCUT2D eigenvalue weighted by atomic mass is 16.6. The molecule has 0 bridgehead atoms. The van der Waals surface area contributed by atoms with Crippen LogP contribution in [-0.2, 0) is 9.53 Å². The van der Waals surface area contributed by atoms with Gasteiger partial charge in [0.25, 0.3) is 0 Å². The topological polar surface area (TPSA) is 51.3 Å². The largest absolute Gasteiger partial charge is 0.482 e.